The predicted molar refractivity (Wildman–Crippen MR) is 74.5 cm³/mol. The van der Waals surface area contributed by atoms with E-state index in [1.807, 2.05) is 6.92 Å². The average Bonchev–Trinajstić information content (AvgIpc) is 2.43. The van der Waals surface area contributed by atoms with E-state index >= 15 is 0 Å². The van der Waals surface area contributed by atoms with Crippen molar-refractivity contribution in [3.63, 3.8) is 0 Å². The molecule has 0 atom stereocenters. The van der Waals surface area contributed by atoms with Gasteiger partial charge >= 0.3 is 0 Å². The minimum absolute atomic E-state index is 0.0134. The van der Waals surface area contributed by atoms with E-state index in [1.54, 1.807) is 19.1 Å². The number of aryl methyl sites for hydroxylation is 1. The molecule has 5 nitrogen and oxygen atoms in total. The van der Waals surface area contributed by atoms with Crippen molar-refractivity contribution in [3.8, 4) is 22.9 Å². The number of phenols is 1. The van der Waals surface area contributed by atoms with E-state index in [9.17, 15) is 9.50 Å². The van der Waals surface area contributed by atoms with Gasteiger partial charge in [-0.15, -0.1) is 0 Å². The molecule has 0 radical (unpaired) electrons. The van der Waals surface area contributed by atoms with Crippen LogP contribution in [0, 0.1) is 12.7 Å². The zero-order valence-electron chi connectivity index (χ0n) is 11.6. The summed E-state index contributed by atoms with van der Waals surface area (Å²) in [5.41, 5.74) is 0.840. The molecule has 0 unspecified atom stereocenters. The second-order valence-corrected chi connectivity index (χ2v) is 4.21. The van der Waals surface area contributed by atoms with Crippen LogP contribution in [0.3, 0.4) is 0 Å². The lowest BCUT2D eigenvalue weighted by Crippen LogP contribution is -2.06. The Morgan fingerprint density at radius 2 is 2.10 bits per heavy atom. The third-order valence-corrected chi connectivity index (χ3v) is 2.80. The minimum atomic E-state index is -0.465. The molecule has 2 N–H and O–H groups in total. The molecule has 2 aromatic rings. The van der Waals surface area contributed by atoms with Gasteiger partial charge in [0.15, 0.2) is 29.0 Å². The molecule has 0 spiro atoms. The summed E-state index contributed by atoms with van der Waals surface area (Å²) in [6, 6.07) is 4.81. The van der Waals surface area contributed by atoms with Crippen molar-refractivity contribution in [2.45, 2.75) is 13.8 Å². The van der Waals surface area contributed by atoms with E-state index in [0.29, 0.717) is 23.7 Å². The van der Waals surface area contributed by atoms with Crippen molar-refractivity contribution < 1.29 is 14.2 Å². The molecule has 1 aromatic carbocycles. The van der Waals surface area contributed by atoms with Crippen LogP contribution in [-0.4, -0.2) is 28.7 Å². The first-order valence-electron chi connectivity index (χ1n) is 6.22. The van der Waals surface area contributed by atoms with Crippen molar-refractivity contribution in [2.75, 3.05) is 19.0 Å². The third kappa shape index (κ3) is 2.64. The maximum absolute atomic E-state index is 13.8. The van der Waals surface area contributed by atoms with Gasteiger partial charge in [-0.05, 0) is 32.0 Å². The summed E-state index contributed by atoms with van der Waals surface area (Å²) < 4.78 is 18.8. The first-order chi connectivity index (χ1) is 9.56. The van der Waals surface area contributed by atoms with Crippen molar-refractivity contribution in [1.82, 2.24) is 9.97 Å². The summed E-state index contributed by atoms with van der Waals surface area (Å²) in [6.07, 6.45) is 0. The summed E-state index contributed by atoms with van der Waals surface area (Å²) in [4.78, 5) is 8.25. The molecule has 0 saturated heterocycles. The number of benzene rings is 1. The number of aromatic nitrogens is 2. The van der Waals surface area contributed by atoms with Crippen molar-refractivity contribution in [3.05, 3.63) is 29.7 Å². The molecule has 1 aromatic heterocycles. The van der Waals surface area contributed by atoms with Crippen LogP contribution in [0.4, 0.5) is 10.2 Å². The van der Waals surface area contributed by atoms with Crippen LogP contribution in [0.5, 0.6) is 11.5 Å². The number of ether oxygens (including phenoxy) is 1. The van der Waals surface area contributed by atoms with Gasteiger partial charge in [-0.25, -0.2) is 14.4 Å². The molecule has 0 bridgehead atoms. The molecule has 0 amide bonds. The number of halogens is 1. The molecule has 6 heteroatoms. The lowest BCUT2D eigenvalue weighted by molar-refractivity contribution is 0.373. The summed E-state index contributed by atoms with van der Waals surface area (Å²) in [5, 5.41) is 12.6. The van der Waals surface area contributed by atoms with Gasteiger partial charge in [0.2, 0.25) is 0 Å². The highest BCUT2D eigenvalue weighted by Crippen LogP contribution is 2.30. The van der Waals surface area contributed by atoms with Gasteiger partial charge in [0.25, 0.3) is 0 Å². The number of rotatable bonds is 4. The summed E-state index contributed by atoms with van der Waals surface area (Å²) in [6.45, 7) is 3.99. The summed E-state index contributed by atoms with van der Waals surface area (Å²) >= 11 is 0. The van der Waals surface area contributed by atoms with Crippen LogP contribution >= 0.6 is 0 Å². The number of anilines is 1. The lowest BCUT2D eigenvalue weighted by atomic mass is 10.2. The number of phenolic OH excluding ortho intramolecular Hbond substituents is 1. The van der Waals surface area contributed by atoms with E-state index in [-0.39, 0.29) is 17.3 Å². The second-order valence-electron chi connectivity index (χ2n) is 4.21. The van der Waals surface area contributed by atoms with Gasteiger partial charge < -0.3 is 15.2 Å². The largest absolute Gasteiger partial charge is 0.504 e. The number of nitrogens with zero attached hydrogens (tertiary/aromatic N) is 2. The highest BCUT2D eigenvalue weighted by atomic mass is 19.1. The zero-order valence-corrected chi connectivity index (χ0v) is 11.6. The van der Waals surface area contributed by atoms with Crippen molar-refractivity contribution in [1.29, 1.82) is 0 Å². The normalized spacial score (nSPS) is 10.4. The molecule has 0 fully saturated rings. The second kappa shape index (κ2) is 5.73. The molecule has 20 heavy (non-hydrogen) atoms. The van der Waals surface area contributed by atoms with Crippen molar-refractivity contribution >= 4 is 5.82 Å². The Balaban J connectivity index is 2.49. The Morgan fingerprint density at radius 1 is 1.35 bits per heavy atom. The molecular formula is C14H16FN3O2. The Bertz CT molecular complexity index is 632. The highest BCUT2D eigenvalue weighted by Gasteiger charge is 2.13. The van der Waals surface area contributed by atoms with E-state index in [2.05, 4.69) is 15.3 Å². The fourth-order valence-corrected chi connectivity index (χ4v) is 1.80. The Morgan fingerprint density at radius 3 is 2.70 bits per heavy atom. The van der Waals surface area contributed by atoms with E-state index in [1.165, 1.54) is 13.2 Å². The minimum Gasteiger partial charge on any atom is -0.504 e. The summed E-state index contributed by atoms with van der Waals surface area (Å²) in [7, 11) is 1.47. The van der Waals surface area contributed by atoms with Gasteiger partial charge in [-0.1, -0.05) is 0 Å². The SMILES string of the molecule is CCNc1nc(-c2ccc(OC)c(O)c2)nc(C)c1F. The zero-order chi connectivity index (χ0) is 14.7. The van der Waals surface area contributed by atoms with Crippen LogP contribution < -0.4 is 10.1 Å². The van der Waals surface area contributed by atoms with E-state index in [4.69, 9.17) is 4.74 Å². The number of hydrogen-bond donors (Lipinski definition) is 2. The maximum Gasteiger partial charge on any atom is 0.186 e. The van der Waals surface area contributed by atoms with Crippen LogP contribution in [-0.2, 0) is 0 Å². The smallest absolute Gasteiger partial charge is 0.186 e. The van der Waals surface area contributed by atoms with Crippen LogP contribution in [0.2, 0.25) is 0 Å². The van der Waals surface area contributed by atoms with E-state index < -0.39 is 5.82 Å². The Labute approximate surface area is 116 Å². The number of aromatic hydroxyl groups is 1. The number of hydrogen-bond acceptors (Lipinski definition) is 5. The fraction of sp³-hybridized carbons (Fsp3) is 0.286. The maximum atomic E-state index is 13.8. The van der Waals surface area contributed by atoms with Crippen LogP contribution in [0.15, 0.2) is 18.2 Å². The van der Waals surface area contributed by atoms with Gasteiger partial charge in [0, 0.05) is 12.1 Å². The molecular weight excluding hydrogens is 261 g/mol. The highest BCUT2D eigenvalue weighted by molar-refractivity contribution is 5.62. The van der Waals surface area contributed by atoms with Gasteiger partial charge in [0.1, 0.15) is 0 Å². The topological polar surface area (TPSA) is 67.3 Å². The Kier molecular flexibility index (Phi) is 4.02. The number of methoxy groups -OCH3 is 1. The molecule has 0 aliphatic rings. The standard InChI is InChI=1S/C14H16FN3O2/c1-4-16-14-12(15)8(2)17-13(18-14)9-5-6-11(20-3)10(19)7-9/h5-7,19H,4H2,1-3H3,(H,16,17,18). The quantitative estimate of drug-likeness (QED) is 0.899. The summed E-state index contributed by atoms with van der Waals surface area (Å²) in [5.74, 6) is 0.386. The van der Waals surface area contributed by atoms with Crippen LogP contribution in [0.1, 0.15) is 12.6 Å². The van der Waals surface area contributed by atoms with Crippen molar-refractivity contribution in [2.24, 2.45) is 0 Å². The monoisotopic (exact) mass is 277 g/mol. The first-order valence-corrected chi connectivity index (χ1v) is 6.22. The van der Waals surface area contributed by atoms with Gasteiger partial charge in [-0.2, -0.15) is 0 Å². The predicted octanol–water partition coefficient (Wildman–Crippen LogP) is 2.74. The van der Waals surface area contributed by atoms with Gasteiger partial charge in [-0.3, -0.25) is 0 Å². The molecule has 2 rings (SSSR count). The molecule has 106 valence electrons. The van der Waals surface area contributed by atoms with Gasteiger partial charge in [0.05, 0.1) is 12.8 Å². The fourth-order valence-electron chi connectivity index (χ4n) is 1.80. The molecule has 0 aliphatic heterocycles. The van der Waals surface area contributed by atoms with Crippen LogP contribution in [0.25, 0.3) is 11.4 Å². The molecule has 0 saturated carbocycles. The van der Waals surface area contributed by atoms with E-state index in [0.717, 1.165) is 0 Å². The third-order valence-electron chi connectivity index (χ3n) is 2.80. The Hall–Kier alpha value is -2.37. The lowest BCUT2D eigenvalue weighted by Gasteiger charge is -2.10. The number of nitrogens with one attached hydrogen (secondary N) is 1. The first kappa shape index (κ1) is 14.0. The average molecular weight is 277 g/mol. The molecule has 0 aliphatic carbocycles. The molecule has 1 heterocycles.